The Balaban J connectivity index is 1.31. The summed E-state index contributed by atoms with van der Waals surface area (Å²) in [5, 5.41) is 16.9. The van der Waals surface area contributed by atoms with Crippen LogP contribution >= 0.6 is 0 Å². The van der Waals surface area contributed by atoms with Crippen LogP contribution in [0.1, 0.15) is 46.5 Å². The molecule has 6 aromatic rings. The topological polar surface area (TPSA) is 89.4 Å². The minimum absolute atomic E-state index is 0.557. The van der Waals surface area contributed by atoms with E-state index in [1.165, 1.54) is 10.8 Å². The van der Waals surface area contributed by atoms with Gasteiger partial charge in [-0.1, -0.05) is 104 Å². The summed E-state index contributed by atoms with van der Waals surface area (Å²) in [7, 11) is 0. The third-order valence-electron chi connectivity index (χ3n) is 7.06. The molecule has 2 aromatic heterocycles. The number of hydrogen-bond acceptors (Lipinski definition) is 5. The Labute approximate surface area is 232 Å². The number of nitrogens with zero attached hydrogens (tertiary/aromatic N) is 5. The molecule has 1 N–H and O–H groups in total. The molecule has 0 unspecified atom stereocenters. The standard InChI is InChI=1S/C33H28N6O/c1-2-8-32-34-30(20-19-25-11-7-10-24-9-3-4-12-27(24)25)31(22-40)39(32)21-23-15-17-26(18-16-23)28-13-5-6-14-29(28)33-35-37-38-36-33/h3-7,9-20,22H,2,8,21H2,1H3,(H,35,36,37,38)/b20-19+. The van der Waals surface area contributed by atoms with Crippen molar-refractivity contribution >= 4 is 29.2 Å². The fourth-order valence-electron chi connectivity index (χ4n) is 5.11. The number of nitrogens with one attached hydrogen (secondary N) is 1. The van der Waals surface area contributed by atoms with Crippen LogP contribution in [0.4, 0.5) is 0 Å². The fraction of sp³-hybridized carbons (Fsp3) is 0.121. The van der Waals surface area contributed by atoms with Gasteiger partial charge in [0.2, 0.25) is 5.82 Å². The van der Waals surface area contributed by atoms with Gasteiger partial charge in [-0.3, -0.25) is 4.79 Å². The molecule has 0 aliphatic heterocycles. The second-order valence-corrected chi connectivity index (χ2v) is 9.63. The highest BCUT2D eigenvalue weighted by atomic mass is 16.1. The summed E-state index contributed by atoms with van der Waals surface area (Å²) < 4.78 is 2.04. The van der Waals surface area contributed by atoms with Crippen molar-refractivity contribution in [2.45, 2.75) is 26.3 Å². The lowest BCUT2D eigenvalue weighted by molar-refractivity contribution is 0.111. The summed E-state index contributed by atoms with van der Waals surface area (Å²) in [5.74, 6) is 1.47. The molecule has 0 aliphatic carbocycles. The lowest BCUT2D eigenvalue weighted by Gasteiger charge is -2.11. The number of imidazole rings is 1. The number of aldehydes is 1. The van der Waals surface area contributed by atoms with Crippen LogP contribution in [0.5, 0.6) is 0 Å². The third-order valence-corrected chi connectivity index (χ3v) is 7.06. The van der Waals surface area contributed by atoms with Crippen LogP contribution in [0.2, 0.25) is 0 Å². The maximum absolute atomic E-state index is 12.4. The maximum atomic E-state index is 12.4. The number of H-pyrrole nitrogens is 1. The first-order valence-corrected chi connectivity index (χ1v) is 13.4. The van der Waals surface area contributed by atoms with Crippen LogP contribution in [0.15, 0.2) is 91.0 Å². The number of aromatic amines is 1. The molecular weight excluding hydrogens is 496 g/mol. The van der Waals surface area contributed by atoms with Crippen molar-refractivity contribution in [3.05, 3.63) is 119 Å². The van der Waals surface area contributed by atoms with E-state index >= 15 is 0 Å². The lowest BCUT2D eigenvalue weighted by atomic mass is 9.98. The van der Waals surface area contributed by atoms with E-state index in [9.17, 15) is 4.79 Å². The molecule has 0 amide bonds. The molecule has 0 atom stereocenters. The quantitative estimate of drug-likeness (QED) is 0.209. The molecule has 7 heteroatoms. The van der Waals surface area contributed by atoms with E-state index < -0.39 is 0 Å². The van der Waals surface area contributed by atoms with Crippen LogP contribution in [0.3, 0.4) is 0 Å². The summed E-state index contributed by atoms with van der Waals surface area (Å²) in [5.41, 5.74) is 6.46. The maximum Gasteiger partial charge on any atom is 0.205 e. The minimum Gasteiger partial charge on any atom is -0.321 e. The molecule has 7 nitrogen and oxygen atoms in total. The summed E-state index contributed by atoms with van der Waals surface area (Å²) >= 11 is 0. The molecular formula is C33H28N6O. The average Bonchev–Trinajstić information content (AvgIpc) is 3.65. The van der Waals surface area contributed by atoms with Gasteiger partial charge in [0.25, 0.3) is 0 Å². The zero-order valence-electron chi connectivity index (χ0n) is 22.2. The van der Waals surface area contributed by atoms with Crippen molar-refractivity contribution in [2.24, 2.45) is 0 Å². The Hall–Kier alpha value is -5.17. The second-order valence-electron chi connectivity index (χ2n) is 9.63. The van der Waals surface area contributed by atoms with Gasteiger partial charge in [-0.25, -0.2) is 4.98 Å². The van der Waals surface area contributed by atoms with Crippen molar-refractivity contribution in [3.8, 4) is 22.5 Å². The summed E-state index contributed by atoms with van der Waals surface area (Å²) in [6, 6.07) is 30.9. The van der Waals surface area contributed by atoms with Gasteiger partial charge in [0.15, 0.2) is 6.29 Å². The number of tetrazole rings is 1. The minimum atomic E-state index is 0.557. The SMILES string of the molecule is CCCc1nc(/C=C/c2cccc3ccccc23)c(C=O)n1Cc1ccc(-c2ccccc2-c2nn[nH]n2)cc1. The Morgan fingerprint density at radius 1 is 0.850 bits per heavy atom. The van der Waals surface area contributed by atoms with E-state index in [0.717, 1.165) is 52.8 Å². The highest BCUT2D eigenvalue weighted by Gasteiger charge is 2.16. The van der Waals surface area contributed by atoms with Gasteiger partial charge in [0.05, 0.1) is 5.69 Å². The largest absolute Gasteiger partial charge is 0.321 e. The molecule has 0 spiro atoms. The number of benzene rings is 4. The Kier molecular flexibility index (Phi) is 7.09. The first-order valence-electron chi connectivity index (χ1n) is 13.4. The molecule has 40 heavy (non-hydrogen) atoms. The van der Waals surface area contributed by atoms with Crippen LogP contribution in [-0.4, -0.2) is 36.5 Å². The number of hydrogen-bond donors (Lipinski definition) is 1. The number of carbonyl (C=O) groups is 1. The van der Waals surface area contributed by atoms with E-state index in [4.69, 9.17) is 4.98 Å². The van der Waals surface area contributed by atoms with Crippen LogP contribution in [0, 0.1) is 0 Å². The average molecular weight is 525 g/mol. The molecule has 6 rings (SSSR count). The van der Waals surface area contributed by atoms with Gasteiger partial charge in [0, 0.05) is 18.5 Å². The Morgan fingerprint density at radius 3 is 2.40 bits per heavy atom. The van der Waals surface area contributed by atoms with Gasteiger partial charge in [-0.2, -0.15) is 5.21 Å². The lowest BCUT2D eigenvalue weighted by Crippen LogP contribution is -2.08. The highest BCUT2D eigenvalue weighted by Crippen LogP contribution is 2.30. The van der Waals surface area contributed by atoms with E-state index in [-0.39, 0.29) is 0 Å². The molecule has 4 aromatic carbocycles. The monoisotopic (exact) mass is 524 g/mol. The smallest absolute Gasteiger partial charge is 0.205 e. The molecule has 0 aliphatic rings. The predicted octanol–water partition coefficient (Wildman–Crippen LogP) is 6.87. The van der Waals surface area contributed by atoms with Crippen LogP contribution in [0.25, 0.3) is 45.4 Å². The Bertz CT molecular complexity index is 1790. The molecule has 2 heterocycles. The number of rotatable bonds is 9. The van der Waals surface area contributed by atoms with Crippen molar-refractivity contribution in [2.75, 3.05) is 0 Å². The number of fused-ring (bicyclic) bond motifs is 1. The van der Waals surface area contributed by atoms with Crippen molar-refractivity contribution in [3.63, 3.8) is 0 Å². The van der Waals surface area contributed by atoms with Crippen LogP contribution in [-0.2, 0) is 13.0 Å². The zero-order valence-corrected chi connectivity index (χ0v) is 22.2. The van der Waals surface area contributed by atoms with Gasteiger partial charge in [0.1, 0.15) is 11.5 Å². The molecule has 0 saturated heterocycles. The molecule has 0 fully saturated rings. The van der Waals surface area contributed by atoms with Gasteiger partial charge in [-0.05, 0) is 50.7 Å². The van der Waals surface area contributed by atoms with E-state index in [2.05, 4.69) is 82.1 Å². The summed E-state index contributed by atoms with van der Waals surface area (Å²) in [6.07, 6.45) is 6.66. The fourth-order valence-corrected chi connectivity index (χ4v) is 5.11. The molecule has 196 valence electrons. The zero-order chi connectivity index (χ0) is 27.3. The van der Waals surface area contributed by atoms with Crippen molar-refractivity contribution < 1.29 is 4.79 Å². The van der Waals surface area contributed by atoms with Crippen LogP contribution < -0.4 is 0 Å². The number of aryl methyl sites for hydroxylation is 1. The van der Waals surface area contributed by atoms with Gasteiger partial charge >= 0.3 is 0 Å². The van der Waals surface area contributed by atoms with Gasteiger partial charge in [-0.15, -0.1) is 10.2 Å². The number of carbonyl (C=O) groups excluding carboxylic acids is 1. The molecule has 0 bridgehead atoms. The third kappa shape index (κ3) is 4.97. The van der Waals surface area contributed by atoms with Crippen molar-refractivity contribution in [1.82, 2.24) is 30.2 Å². The Morgan fingerprint density at radius 2 is 1.62 bits per heavy atom. The number of aromatic nitrogens is 6. The summed E-state index contributed by atoms with van der Waals surface area (Å²) in [4.78, 5) is 17.2. The van der Waals surface area contributed by atoms with E-state index in [1.807, 2.05) is 53.1 Å². The normalized spacial score (nSPS) is 11.4. The molecule has 0 radical (unpaired) electrons. The summed E-state index contributed by atoms with van der Waals surface area (Å²) in [6.45, 7) is 2.69. The molecule has 0 saturated carbocycles. The van der Waals surface area contributed by atoms with E-state index in [0.29, 0.717) is 23.8 Å². The first kappa shape index (κ1) is 25.1. The van der Waals surface area contributed by atoms with Gasteiger partial charge < -0.3 is 4.57 Å². The van der Waals surface area contributed by atoms with Crippen molar-refractivity contribution in [1.29, 1.82) is 0 Å². The first-order chi connectivity index (χ1) is 19.7. The predicted molar refractivity (Wildman–Crippen MR) is 159 cm³/mol. The second kappa shape index (κ2) is 11.3. The highest BCUT2D eigenvalue weighted by molar-refractivity contribution is 5.93. The van der Waals surface area contributed by atoms with E-state index in [1.54, 1.807) is 0 Å².